The molecular formula is C6H3F3N4S. The van der Waals surface area contributed by atoms with Crippen LogP contribution in [0.2, 0.25) is 0 Å². The molecule has 2 N–H and O–H groups in total. The number of alkyl halides is 3. The van der Waals surface area contributed by atoms with Crippen molar-refractivity contribution in [2.45, 2.75) is 6.18 Å². The molecule has 0 aliphatic heterocycles. The maximum Gasteiger partial charge on any atom is 0.449 e. The van der Waals surface area contributed by atoms with Crippen molar-refractivity contribution in [1.29, 1.82) is 0 Å². The van der Waals surface area contributed by atoms with E-state index in [0.29, 0.717) is 0 Å². The van der Waals surface area contributed by atoms with Crippen LogP contribution < -0.4 is 0 Å². The van der Waals surface area contributed by atoms with Gasteiger partial charge in [-0.1, -0.05) is 12.2 Å². The predicted molar refractivity (Wildman–Crippen MR) is 44.1 cm³/mol. The van der Waals surface area contributed by atoms with Gasteiger partial charge in [-0.15, -0.1) is 0 Å². The minimum Gasteiger partial charge on any atom is -0.331 e. The first-order valence-corrected chi connectivity index (χ1v) is 3.90. The topological polar surface area (TPSA) is 57.4 Å². The number of rotatable bonds is 0. The molecule has 14 heavy (non-hydrogen) atoms. The van der Waals surface area contributed by atoms with Gasteiger partial charge in [0.1, 0.15) is 5.52 Å². The largest absolute Gasteiger partial charge is 0.449 e. The molecule has 2 rings (SSSR count). The van der Waals surface area contributed by atoms with Crippen LogP contribution in [0.25, 0.3) is 11.2 Å². The average Bonchev–Trinajstić information content (AvgIpc) is 2.48. The number of fused-ring (bicyclic) bond motifs is 1. The van der Waals surface area contributed by atoms with Crippen LogP contribution in [0.4, 0.5) is 13.2 Å². The quantitative estimate of drug-likeness (QED) is 0.668. The second kappa shape index (κ2) is 2.77. The molecule has 0 spiro atoms. The molecule has 2 aromatic rings. The third-order valence-electron chi connectivity index (χ3n) is 1.57. The Labute approximate surface area is 80.2 Å². The first-order chi connectivity index (χ1) is 6.48. The summed E-state index contributed by atoms with van der Waals surface area (Å²) in [5.41, 5.74) is 0.146. The van der Waals surface area contributed by atoms with E-state index in [1.165, 1.54) is 6.33 Å². The van der Waals surface area contributed by atoms with E-state index in [1.54, 1.807) is 0 Å². The first kappa shape index (κ1) is 9.13. The molecule has 74 valence electrons. The number of hydrogen-bond acceptors (Lipinski definition) is 3. The standard InChI is InChI=1S/C6H3F3N4S/c7-6(8,9)5-12-2-3(13-5)10-1-11-4(2)14/h1H,(H2,10,11,12,13,14). The van der Waals surface area contributed by atoms with Crippen molar-refractivity contribution in [3.63, 3.8) is 0 Å². The molecule has 0 aliphatic carbocycles. The monoisotopic (exact) mass is 220 g/mol. The zero-order chi connectivity index (χ0) is 10.3. The molecule has 8 heteroatoms. The summed E-state index contributed by atoms with van der Waals surface area (Å²) in [7, 11) is 0. The summed E-state index contributed by atoms with van der Waals surface area (Å²) < 4.78 is 36.6. The molecular weight excluding hydrogens is 217 g/mol. The molecule has 4 nitrogen and oxygen atoms in total. The van der Waals surface area contributed by atoms with Gasteiger partial charge in [0.25, 0.3) is 0 Å². The highest BCUT2D eigenvalue weighted by atomic mass is 32.1. The molecule has 0 amide bonds. The third-order valence-corrected chi connectivity index (χ3v) is 1.88. The summed E-state index contributed by atoms with van der Waals surface area (Å²) in [5.74, 6) is -1.08. The van der Waals surface area contributed by atoms with Crippen LogP contribution >= 0.6 is 12.2 Å². The maximum atomic E-state index is 12.2. The van der Waals surface area contributed by atoms with E-state index in [-0.39, 0.29) is 15.8 Å². The van der Waals surface area contributed by atoms with E-state index in [0.717, 1.165) is 0 Å². The molecule has 0 bridgehead atoms. The van der Waals surface area contributed by atoms with Crippen LogP contribution in [0.3, 0.4) is 0 Å². The van der Waals surface area contributed by atoms with Gasteiger partial charge in [0.15, 0.2) is 10.3 Å². The van der Waals surface area contributed by atoms with Crippen LogP contribution in [-0.4, -0.2) is 19.9 Å². The Hall–Kier alpha value is -1.44. The second-order valence-electron chi connectivity index (χ2n) is 2.51. The van der Waals surface area contributed by atoms with Crippen molar-refractivity contribution in [2.24, 2.45) is 0 Å². The first-order valence-electron chi connectivity index (χ1n) is 3.49. The number of aromatic amines is 2. The maximum absolute atomic E-state index is 12.2. The van der Waals surface area contributed by atoms with E-state index in [2.05, 4.69) is 19.9 Å². The Morgan fingerprint density at radius 1 is 1.36 bits per heavy atom. The lowest BCUT2D eigenvalue weighted by molar-refractivity contribution is -0.144. The van der Waals surface area contributed by atoms with Gasteiger partial charge in [0, 0.05) is 0 Å². The smallest absolute Gasteiger partial charge is 0.331 e. The number of nitrogens with zero attached hydrogens (tertiary/aromatic N) is 2. The van der Waals surface area contributed by atoms with Gasteiger partial charge in [0.05, 0.1) is 6.33 Å². The van der Waals surface area contributed by atoms with Crippen LogP contribution in [0.5, 0.6) is 0 Å². The molecule has 0 aliphatic rings. The Bertz CT molecular complexity index is 526. The second-order valence-corrected chi connectivity index (χ2v) is 2.90. The summed E-state index contributed by atoms with van der Waals surface area (Å²) >= 11 is 4.72. The highest BCUT2D eigenvalue weighted by molar-refractivity contribution is 7.71. The molecule has 0 aromatic carbocycles. The Morgan fingerprint density at radius 3 is 2.64 bits per heavy atom. The van der Waals surface area contributed by atoms with E-state index in [9.17, 15) is 13.2 Å². The van der Waals surface area contributed by atoms with E-state index in [4.69, 9.17) is 12.2 Å². The molecule has 0 fully saturated rings. The van der Waals surface area contributed by atoms with Crippen molar-refractivity contribution in [3.05, 3.63) is 16.8 Å². The molecule has 2 heterocycles. The van der Waals surface area contributed by atoms with Gasteiger partial charge in [-0.05, 0) is 0 Å². The number of nitrogens with one attached hydrogen (secondary N) is 2. The summed E-state index contributed by atoms with van der Waals surface area (Å²) in [6, 6.07) is 0. The molecule has 0 saturated carbocycles. The molecule has 0 atom stereocenters. The lowest BCUT2D eigenvalue weighted by atomic mass is 10.6. The Morgan fingerprint density at radius 2 is 2.07 bits per heavy atom. The molecule has 0 radical (unpaired) electrons. The fourth-order valence-corrected chi connectivity index (χ4v) is 1.18. The van der Waals surface area contributed by atoms with Crippen molar-refractivity contribution in [1.82, 2.24) is 19.9 Å². The van der Waals surface area contributed by atoms with E-state index < -0.39 is 12.0 Å². The summed E-state index contributed by atoms with van der Waals surface area (Å²) in [4.78, 5) is 11.5. The fraction of sp³-hybridized carbons (Fsp3) is 0.167. The van der Waals surface area contributed by atoms with Gasteiger partial charge in [-0.25, -0.2) is 9.97 Å². The normalized spacial score (nSPS) is 12.2. The number of halogens is 3. The van der Waals surface area contributed by atoms with Crippen molar-refractivity contribution in [2.75, 3.05) is 0 Å². The van der Waals surface area contributed by atoms with Crippen molar-refractivity contribution < 1.29 is 13.2 Å². The predicted octanol–water partition coefficient (Wildman–Crippen LogP) is 2.03. The van der Waals surface area contributed by atoms with Crippen LogP contribution in [-0.2, 0) is 6.18 Å². The number of hydrogen-bond donors (Lipinski definition) is 2. The van der Waals surface area contributed by atoms with Gasteiger partial charge in [0.2, 0.25) is 5.82 Å². The minimum absolute atomic E-state index is 0.0531. The van der Waals surface area contributed by atoms with Crippen molar-refractivity contribution >= 4 is 23.4 Å². The Kier molecular flexibility index (Phi) is 1.81. The van der Waals surface area contributed by atoms with Crippen LogP contribution in [0.15, 0.2) is 6.33 Å². The van der Waals surface area contributed by atoms with Crippen LogP contribution in [0.1, 0.15) is 5.82 Å². The summed E-state index contributed by atoms with van der Waals surface area (Å²) in [6.45, 7) is 0. The summed E-state index contributed by atoms with van der Waals surface area (Å²) in [5, 5.41) is 0. The molecule has 0 unspecified atom stereocenters. The zero-order valence-corrected chi connectivity index (χ0v) is 7.33. The zero-order valence-electron chi connectivity index (χ0n) is 6.51. The van der Waals surface area contributed by atoms with E-state index >= 15 is 0 Å². The van der Waals surface area contributed by atoms with E-state index in [1.807, 2.05) is 0 Å². The fourth-order valence-electron chi connectivity index (χ4n) is 0.983. The molecule has 0 saturated heterocycles. The van der Waals surface area contributed by atoms with Gasteiger partial charge in [-0.3, -0.25) is 0 Å². The van der Waals surface area contributed by atoms with Gasteiger partial charge in [-0.2, -0.15) is 13.2 Å². The van der Waals surface area contributed by atoms with Gasteiger partial charge < -0.3 is 9.97 Å². The SMILES string of the molecule is FC(F)(F)c1nc2[nH]cnc(=S)c2[nH]1. The van der Waals surface area contributed by atoms with Gasteiger partial charge >= 0.3 is 6.18 Å². The third kappa shape index (κ3) is 1.37. The lowest BCUT2D eigenvalue weighted by Gasteiger charge is -1.98. The Balaban J connectivity index is 2.75. The average molecular weight is 220 g/mol. The van der Waals surface area contributed by atoms with Crippen LogP contribution in [0, 0.1) is 4.64 Å². The molecule has 2 aromatic heterocycles. The lowest BCUT2D eigenvalue weighted by Crippen LogP contribution is -2.06. The highest BCUT2D eigenvalue weighted by Gasteiger charge is 2.35. The summed E-state index contributed by atoms with van der Waals surface area (Å²) in [6.07, 6.45) is -3.31. The highest BCUT2D eigenvalue weighted by Crippen LogP contribution is 2.27. The number of aromatic nitrogens is 4. The number of imidazole rings is 1. The minimum atomic E-state index is -4.51. The van der Waals surface area contributed by atoms with Crippen molar-refractivity contribution in [3.8, 4) is 0 Å². The number of H-pyrrole nitrogens is 2.